The zero-order valence-corrected chi connectivity index (χ0v) is 12.2. The minimum Gasteiger partial charge on any atom is -0.480 e. The van der Waals surface area contributed by atoms with Crippen LogP contribution in [-0.4, -0.2) is 54.7 Å². The van der Waals surface area contributed by atoms with E-state index in [9.17, 15) is 9.59 Å². The first kappa shape index (κ1) is 15.3. The third-order valence-electron chi connectivity index (χ3n) is 3.77. The summed E-state index contributed by atoms with van der Waals surface area (Å²) >= 11 is 0. The van der Waals surface area contributed by atoms with Crippen LogP contribution in [0, 0.1) is 0 Å². The summed E-state index contributed by atoms with van der Waals surface area (Å²) in [5, 5.41) is 11.8. The normalized spacial score (nSPS) is 18.4. The molecule has 1 aliphatic rings. The number of carbonyl (C=O) groups is 2. The summed E-state index contributed by atoms with van der Waals surface area (Å²) < 4.78 is 0. The fraction of sp³-hybridized carbons (Fsp3) is 0.467. The van der Waals surface area contributed by atoms with Crippen molar-refractivity contribution in [2.75, 3.05) is 31.6 Å². The molecule has 1 aromatic carbocycles. The zero-order chi connectivity index (χ0) is 15.2. The first-order valence-electron chi connectivity index (χ1n) is 7.10. The predicted octanol–water partition coefficient (Wildman–Crippen LogP) is 1.38. The third-order valence-corrected chi connectivity index (χ3v) is 3.77. The van der Waals surface area contributed by atoms with Gasteiger partial charge in [0.05, 0.1) is 0 Å². The molecule has 21 heavy (non-hydrogen) atoms. The van der Waals surface area contributed by atoms with Gasteiger partial charge in [-0.05, 0) is 38.6 Å². The second-order valence-corrected chi connectivity index (χ2v) is 5.28. The minimum atomic E-state index is -1.04. The highest BCUT2D eigenvalue weighted by Crippen LogP contribution is 2.15. The number of carbonyl (C=O) groups excluding carboxylic acids is 1. The van der Waals surface area contributed by atoms with Gasteiger partial charge in [-0.15, -0.1) is 0 Å². The highest BCUT2D eigenvalue weighted by Gasteiger charge is 2.23. The smallest absolute Gasteiger partial charge is 0.323 e. The van der Waals surface area contributed by atoms with Crippen LogP contribution >= 0.6 is 0 Å². The highest BCUT2D eigenvalue weighted by atomic mass is 16.4. The van der Waals surface area contributed by atoms with Crippen LogP contribution in [0.3, 0.4) is 0 Å². The van der Waals surface area contributed by atoms with Gasteiger partial charge in [0.15, 0.2) is 0 Å². The molecule has 0 bridgehead atoms. The molecule has 1 aromatic rings. The maximum Gasteiger partial charge on any atom is 0.323 e. The van der Waals surface area contributed by atoms with Gasteiger partial charge in [-0.25, -0.2) is 4.79 Å². The van der Waals surface area contributed by atoms with E-state index in [-0.39, 0.29) is 12.6 Å². The van der Waals surface area contributed by atoms with Crippen molar-refractivity contribution in [1.29, 1.82) is 0 Å². The molecule has 6 nitrogen and oxygen atoms in total. The quantitative estimate of drug-likeness (QED) is 0.859. The Morgan fingerprint density at radius 2 is 2.10 bits per heavy atom. The lowest BCUT2D eigenvalue weighted by Crippen LogP contribution is -2.47. The molecule has 1 fully saturated rings. The SMILES string of the molecule is CN1CCCC1CNC(=O)N(CC(=O)O)c1ccccc1. The average Bonchev–Trinajstić information content (AvgIpc) is 2.88. The van der Waals surface area contributed by atoms with E-state index >= 15 is 0 Å². The number of amides is 2. The van der Waals surface area contributed by atoms with Gasteiger partial charge in [-0.2, -0.15) is 0 Å². The lowest BCUT2D eigenvalue weighted by Gasteiger charge is -2.24. The molecule has 114 valence electrons. The van der Waals surface area contributed by atoms with E-state index in [4.69, 9.17) is 5.11 Å². The van der Waals surface area contributed by atoms with Crippen LogP contribution < -0.4 is 10.2 Å². The summed E-state index contributed by atoms with van der Waals surface area (Å²) in [6.45, 7) is 1.23. The summed E-state index contributed by atoms with van der Waals surface area (Å²) in [5.74, 6) is -1.04. The first-order chi connectivity index (χ1) is 10.1. The van der Waals surface area contributed by atoms with Gasteiger partial charge in [-0.3, -0.25) is 9.69 Å². The summed E-state index contributed by atoms with van der Waals surface area (Å²) in [6, 6.07) is 8.80. The van der Waals surface area contributed by atoms with Crippen molar-refractivity contribution in [3.8, 4) is 0 Å². The molecule has 0 aliphatic carbocycles. The number of para-hydroxylation sites is 1. The third kappa shape index (κ3) is 4.19. The van der Waals surface area contributed by atoms with Crippen molar-refractivity contribution < 1.29 is 14.7 Å². The van der Waals surface area contributed by atoms with Gasteiger partial charge in [0.1, 0.15) is 6.54 Å². The second kappa shape index (κ2) is 7.08. The number of carboxylic acid groups (broad SMARTS) is 1. The Morgan fingerprint density at radius 3 is 2.67 bits per heavy atom. The topological polar surface area (TPSA) is 72.9 Å². The Balaban J connectivity index is 1.99. The molecule has 1 saturated heterocycles. The van der Waals surface area contributed by atoms with E-state index in [0.717, 1.165) is 19.4 Å². The predicted molar refractivity (Wildman–Crippen MR) is 80.5 cm³/mol. The Bertz CT molecular complexity index is 492. The zero-order valence-electron chi connectivity index (χ0n) is 12.2. The van der Waals surface area contributed by atoms with Crippen molar-refractivity contribution >= 4 is 17.7 Å². The number of anilines is 1. The van der Waals surface area contributed by atoms with Gasteiger partial charge in [-0.1, -0.05) is 18.2 Å². The first-order valence-corrected chi connectivity index (χ1v) is 7.10. The monoisotopic (exact) mass is 291 g/mol. The van der Waals surface area contributed by atoms with E-state index in [1.807, 2.05) is 13.1 Å². The summed E-state index contributed by atoms with van der Waals surface area (Å²) in [7, 11) is 2.04. The largest absolute Gasteiger partial charge is 0.480 e. The van der Waals surface area contributed by atoms with Crippen LogP contribution in [-0.2, 0) is 4.79 Å². The van der Waals surface area contributed by atoms with Crippen LogP contribution in [0.25, 0.3) is 0 Å². The standard InChI is InChI=1S/C15H21N3O3/c1-17-9-5-8-13(17)10-16-15(21)18(11-14(19)20)12-6-3-2-4-7-12/h2-4,6-7,13H,5,8-11H2,1H3,(H,16,21)(H,19,20). The van der Waals surface area contributed by atoms with Gasteiger partial charge in [0, 0.05) is 18.3 Å². The molecule has 0 radical (unpaired) electrons. The maximum absolute atomic E-state index is 12.3. The lowest BCUT2D eigenvalue weighted by molar-refractivity contribution is -0.135. The van der Waals surface area contributed by atoms with E-state index in [1.54, 1.807) is 24.3 Å². The van der Waals surface area contributed by atoms with E-state index in [0.29, 0.717) is 18.3 Å². The average molecular weight is 291 g/mol. The Morgan fingerprint density at radius 1 is 1.38 bits per heavy atom. The van der Waals surface area contributed by atoms with Crippen LogP contribution in [0.5, 0.6) is 0 Å². The fourth-order valence-corrected chi connectivity index (χ4v) is 2.56. The summed E-state index contributed by atoms with van der Waals surface area (Å²) in [6.07, 6.45) is 2.19. The van der Waals surface area contributed by atoms with Gasteiger partial charge >= 0.3 is 12.0 Å². The number of hydrogen-bond acceptors (Lipinski definition) is 3. The fourth-order valence-electron chi connectivity index (χ4n) is 2.56. The van der Waals surface area contributed by atoms with Crippen LogP contribution in [0.4, 0.5) is 10.5 Å². The Hall–Kier alpha value is -2.08. The maximum atomic E-state index is 12.3. The number of likely N-dealkylation sites (tertiary alicyclic amines) is 1. The molecule has 2 amide bonds. The number of hydrogen-bond donors (Lipinski definition) is 2. The number of nitrogens with zero attached hydrogens (tertiary/aromatic N) is 2. The molecular formula is C15H21N3O3. The summed E-state index contributed by atoms with van der Waals surface area (Å²) in [4.78, 5) is 26.7. The van der Waals surface area contributed by atoms with Gasteiger partial charge in [0.2, 0.25) is 0 Å². The second-order valence-electron chi connectivity index (χ2n) is 5.28. The molecule has 2 rings (SSSR count). The van der Waals surface area contributed by atoms with E-state index in [2.05, 4.69) is 10.2 Å². The number of carboxylic acids is 1. The lowest BCUT2D eigenvalue weighted by atomic mass is 10.2. The minimum absolute atomic E-state index is 0.330. The number of aliphatic carboxylic acids is 1. The van der Waals surface area contributed by atoms with Crippen molar-refractivity contribution in [2.45, 2.75) is 18.9 Å². The van der Waals surface area contributed by atoms with Crippen molar-refractivity contribution in [3.63, 3.8) is 0 Å². The molecule has 0 spiro atoms. The van der Waals surface area contributed by atoms with E-state index in [1.165, 1.54) is 4.90 Å². The van der Waals surface area contributed by atoms with Gasteiger partial charge in [0.25, 0.3) is 0 Å². The van der Waals surface area contributed by atoms with Crippen molar-refractivity contribution in [2.24, 2.45) is 0 Å². The van der Waals surface area contributed by atoms with Crippen molar-refractivity contribution in [3.05, 3.63) is 30.3 Å². The number of likely N-dealkylation sites (N-methyl/N-ethyl adjacent to an activating group) is 1. The highest BCUT2D eigenvalue weighted by molar-refractivity contribution is 5.96. The van der Waals surface area contributed by atoms with Crippen LogP contribution in [0.1, 0.15) is 12.8 Å². The summed E-state index contributed by atoms with van der Waals surface area (Å²) in [5.41, 5.74) is 0.581. The molecule has 1 atom stereocenters. The van der Waals surface area contributed by atoms with E-state index < -0.39 is 5.97 Å². The number of benzene rings is 1. The molecule has 0 saturated carbocycles. The Labute approximate surface area is 124 Å². The molecule has 2 N–H and O–H groups in total. The number of nitrogens with one attached hydrogen (secondary N) is 1. The van der Waals surface area contributed by atoms with Crippen molar-refractivity contribution in [1.82, 2.24) is 10.2 Å². The Kier molecular flexibility index (Phi) is 5.16. The molecule has 1 aliphatic heterocycles. The molecule has 0 aromatic heterocycles. The van der Waals surface area contributed by atoms with Crippen LogP contribution in [0.2, 0.25) is 0 Å². The molecule has 6 heteroatoms. The molecular weight excluding hydrogens is 270 g/mol. The molecule has 1 unspecified atom stereocenters. The van der Waals surface area contributed by atoms with Gasteiger partial charge < -0.3 is 15.3 Å². The number of rotatable bonds is 5. The van der Waals surface area contributed by atoms with Crippen LogP contribution in [0.15, 0.2) is 30.3 Å². The number of urea groups is 1. The molecule has 1 heterocycles.